The van der Waals surface area contributed by atoms with Crippen LogP contribution in [0.25, 0.3) is 0 Å². The first kappa shape index (κ1) is 22.7. The number of ether oxygens (including phenoxy) is 3. The molecule has 2 amide bonds. The molecule has 0 saturated carbocycles. The fourth-order valence-electron chi connectivity index (χ4n) is 4.02. The second-order valence-corrected chi connectivity index (χ2v) is 8.00. The molecule has 7 heteroatoms. The number of urea groups is 1. The van der Waals surface area contributed by atoms with Crippen LogP contribution in [0.3, 0.4) is 0 Å². The van der Waals surface area contributed by atoms with Gasteiger partial charge in [-0.25, -0.2) is 4.79 Å². The lowest BCUT2D eigenvalue weighted by molar-refractivity contribution is 0.170. The summed E-state index contributed by atoms with van der Waals surface area (Å²) in [5.74, 6) is 2.26. The van der Waals surface area contributed by atoms with Crippen LogP contribution in [-0.4, -0.2) is 51.4 Å². The van der Waals surface area contributed by atoms with E-state index in [-0.39, 0.29) is 18.1 Å². The van der Waals surface area contributed by atoms with Gasteiger partial charge in [0.05, 0.1) is 27.4 Å². The fraction of sp³-hybridized carbons (Fsp3) is 0.458. The zero-order valence-corrected chi connectivity index (χ0v) is 19.0. The molecule has 31 heavy (non-hydrogen) atoms. The molecule has 1 atom stereocenters. The predicted octanol–water partition coefficient (Wildman–Crippen LogP) is 3.52. The first-order valence-corrected chi connectivity index (χ1v) is 10.6. The summed E-state index contributed by atoms with van der Waals surface area (Å²) in [5.41, 5.74) is 3.53. The van der Waals surface area contributed by atoms with Crippen molar-refractivity contribution in [3.8, 4) is 17.2 Å². The zero-order chi connectivity index (χ0) is 22.4. The number of nitrogens with one attached hydrogen (secondary N) is 2. The van der Waals surface area contributed by atoms with E-state index in [9.17, 15) is 4.79 Å². The van der Waals surface area contributed by atoms with E-state index < -0.39 is 0 Å². The Morgan fingerprint density at radius 2 is 1.84 bits per heavy atom. The molecule has 0 aromatic heterocycles. The Hall–Kier alpha value is -2.93. The lowest BCUT2D eigenvalue weighted by Gasteiger charge is -2.38. The summed E-state index contributed by atoms with van der Waals surface area (Å²) < 4.78 is 16.4. The molecular formula is C24H33N3O4. The van der Waals surface area contributed by atoms with Crippen LogP contribution in [0.4, 0.5) is 4.79 Å². The lowest BCUT2D eigenvalue weighted by Crippen LogP contribution is -2.45. The van der Waals surface area contributed by atoms with Crippen molar-refractivity contribution in [1.29, 1.82) is 0 Å². The van der Waals surface area contributed by atoms with Crippen molar-refractivity contribution >= 4 is 6.03 Å². The Labute approximate surface area is 184 Å². The molecule has 1 unspecified atom stereocenters. The lowest BCUT2D eigenvalue weighted by atomic mass is 9.91. The molecule has 0 saturated heterocycles. The molecule has 7 nitrogen and oxygen atoms in total. The van der Waals surface area contributed by atoms with Crippen LogP contribution in [0.5, 0.6) is 17.2 Å². The van der Waals surface area contributed by atoms with Crippen molar-refractivity contribution in [2.24, 2.45) is 0 Å². The molecule has 168 valence electrons. The number of benzene rings is 2. The zero-order valence-electron chi connectivity index (χ0n) is 19.0. The van der Waals surface area contributed by atoms with Crippen LogP contribution >= 0.6 is 0 Å². The number of carbonyl (C=O) groups excluding carboxylic acids is 1. The van der Waals surface area contributed by atoms with Crippen molar-refractivity contribution in [1.82, 2.24) is 15.5 Å². The van der Waals surface area contributed by atoms with Gasteiger partial charge in [-0.05, 0) is 61.2 Å². The number of hydrogen-bond acceptors (Lipinski definition) is 5. The predicted molar refractivity (Wildman–Crippen MR) is 121 cm³/mol. The minimum atomic E-state index is -0.163. The number of nitrogens with zero attached hydrogens (tertiary/aromatic N) is 1. The number of rotatable bonds is 8. The van der Waals surface area contributed by atoms with Gasteiger partial charge >= 0.3 is 6.03 Å². The SMILES string of the molecule is COc1cccc(CN2CCc3cc(OC)c(OC)cc3C2CNC(=O)NC(C)C)c1. The maximum absolute atomic E-state index is 12.3. The highest BCUT2D eigenvalue weighted by atomic mass is 16.5. The number of amides is 2. The van der Waals surface area contributed by atoms with Gasteiger partial charge in [0.2, 0.25) is 0 Å². The highest BCUT2D eigenvalue weighted by Crippen LogP contribution is 2.38. The minimum absolute atomic E-state index is 0.00710. The first-order valence-electron chi connectivity index (χ1n) is 10.6. The van der Waals surface area contributed by atoms with Crippen LogP contribution in [0.15, 0.2) is 36.4 Å². The maximum Gasteiger partial charge on any atom is 0.315 e. The summed E-state index contributed by atoms with van der Waals surface area (Å²) in [5, 5.41) is 5.94. The third-order valence-corrected chi connectivity index (χ3v) is 5.51. The van der Waals surface area contributed by atoms with E-state index in [4.69, 9.17) is 14.2 Å². The summed E-state index contributed by atoms with van der Waals surface area (Å²) in [7, 11) is 4.97. The minimum Gasteiger partial charge on any atom is -0.497 e. The first-order chi connectivity index (χ1) is 14.9. The molecule has 1 aliphatic heterocycles. The van der Waals surface area contributed by atoms with E-state index in [1.54, 1.807) is 21.3 Å². The molecule has 0 fully saturated rings. The third kappa shape index (κ3) is 5.61. The van der Waals surface area contributed by atoms with Crippen LogP contribution in [0.1, 0.15) is 36.6 Å². The smallest absolute Gasteiger partial charge is 0.315 e. The van der Waals surface area contributed by atoms with Crippen LogP contribution in [0.2, 0.25) is 0 Å². The van der Waals surface area contributed by atoms with Crippen molar-refractivity contribution in [3.63, 3.8) is 0 Å². The molecule has 0 radical (unpaired) electrons. The normalized spacial score (nSPS) is 15.9. The monoisotopic (exact) mass is 427 g/mol. The van der Waals surface area contributed by atoms with Gasteiger partial charge in [0.15, 0.2) is 11.5 Å². The second kappa shape index (κ2) is 10.4. The molecule has 0 spiro atoms. The summed E-state index contributed by atoms with van der Waals surface area (Å²) >= 11 is 0. The Bertz CT molecular complexity index is 900. The Kier molecular flexibility index (Phi) is 7.63. The van der Waals surface area contributed by atoms with Crippen molar-refractivity contribution in [2.45, 2.75) is 38.9 Å². The second-order valence-electron chi connectivity index (χ2n) is 8.00. The average Bonchev–Trinajstić information content (AvgIpc) is 2.76. The molecule has 0 bridgehead atoms. The van der Waals surface area contributed by atoms with Crippen molar-refractivity contribution in [2.75, 3.05) is 34.4 Å². The van der Waals surface area contributed by atoms with Gasteiger partial charge < -0.3 is 24.8 Å². The van der Waals surface area contributed by atoms with Gasteiger partial charge in [-0.1, -0.05) is 12.1 Å². The quantitative estimate of drug-likeness (QED) is 0.675. The summed E-state index contributed by atoms with van der Waals surface area (Å²) in [4.78, 5) is 14.7. The van der Waals surface area contributed by atoms with Crippen LogP contribution in [-0.2, 0) is 13.0 Å². The van der Waals surface area contributed by atoms with Crippen molar-refractivity contribution < 1.29 is 19.0 Å². The molecular weight excluding hydrogens is 394 g/mol. The van der Waals surface area contributed by atoms with Crippen molar-refractivity contribution in [3.05, 3.63) is 53.1 Å². The Morgan fingerprint density at radius 3 is 2.52 bits per heavy atom. The summed E-state index contributed by atoms with van der Waals surface area (Å²) in [6.45, 7) is 6.01. The van der Waals surface area contributed by atoms with E-state index in [1.807, 2.05) is 32.0 Å². The number of methoxy groups -OCH3 is 3. The summed E-state index contributed by atoms with van der Waals surface area (Å²) in [6, 6.07) is 12.1. The summed E-state index contributed by atoms with van der Waals surface area (Å²) in [6.07, 6.45) is 0.897. The van der Waals surface area contributed by atoms with E-state index in [0.29, 0.717) is 12.3 Å². The van der Waals surface area contributed by atoms with Gasteiger partial charge in [0.1, 0.15) is 5.75 Å². The third-order valence-electron chi connectivity index (χ3n) is 5.51. The van der Waals surface area contributed by atoms with Crippen LogP contribution in [0, 0.1) is 0 Å². The number of fused-ring (bicyclic) bond motifs is 1. The highest BCUT2D eigenvalue weighted by molar-refractivity contribution is 5.74. The Balaban J connectivity index is 1.89. The molecule has 2 N–H and O–H groups in total. The van der Waals surface area contributed by atoms with Crippen LogP contribution < -0.4 is 24.8 Å². The fourth-order valence-corrected chi connectivity index (χ4v) is 4.02. The molecule has 3 rings (SSSR count). The van der Waals surface area contributed by atoms with Gasteiger partial charge in [0.25, 0.3) is 0 Å². The highest BCUT2D eigenvalue weighted by Gasteiger charge is 2.29. The molecule has 2 aromatic carbocycles. The van der Waals surface area contributed by atoms with E-state index in [0.717, 1.165) is 36.6 Å². The van der Waals surface area contributed by atoms with Gasteiger partial charge in [-0.3, -0.25) is 4.90 Å². The molecule has 2 aromatic rings. The van der Waals surface area contributed by atoms with Gasteiger partial charge in [-0.2, -0.15) is 0 Å². The molecule has 1 aliphatic rings. The van der Waals surface area contributed by atoms with Gasteiger partial charge in [0, 0.05) is 25.7 Å². The standard InChI is InChI=1S/C24H33N3O4/c1-16(2)26-24(28)25-14-21-20-13-23(31-5)22(30-4)12-18(20)9-10-27(21)15-17-7-6-8-19(11-17)29-3/h6-8,11-13,16,21H,9-10,14-15H2,1-5H3,(H2,25,26,28). The average molecular weight is 428 g/mol. The maximum atomic E-state index is 12.3. The topological polar surface area (TPSA) is 72.1 Å². The molecule has 0 aliphatic carbocycles. The van der Waals surface area contributed by atoms with E-state index in [1.165, 1.54) is 11.1 Å². The number of hydrogen-bond donors (Lipinski definition) is 2. The Morgan fingerprint density at radius 1 is 1.10 bits per heavy atom. The van der Waals surface area contributed by atoms with E-state index >= 15 is 0 Å². The van der Waals surface area contributed by atoms with Gasteiger partial charge in [-0.15, -0.1) is 0 Å². The number of carbonyl (C=O) groups is 1. The largest absolute Gasteiger partial charge is 0.497 e. The molecule has 1 heterocycles. The van der Waals surface area contributed by atoms with E-state index in [2.05, 4.69) is 33.7 Å².